The number of carbonyl (C=O) groups excluding carboxylic acids is 2. The molecular weight excluding hydrogens is 310 g/mol. The van der Waals surface area contributed by atoms with Crippen molar-refractivity contribution < 1.29 is 14.3 Å². The van der Waals surface area contributed by atoms with E-state index in [-0.39, 0.29) is 17.3 Å². The number of rotatable bonds is 7. The third-order valence-corrected chi connectivity index (χ3v) is 4.97. The van der Waals surface area contributed by atoms with Gasteiger partial charge in [0, 0.05) is 10.7 Å². The number of anilines is 1. The van der Waals surface area contributed by atoms with Crippen LogP contribution < -0.4 is 5.32 Å². The summed E-state index contributed by atoms with van der Waals surface area (Å²) in [5.74, 6) is 0.952. The molecule has 0 bridgehead atoms. The first kappa shape index (κ1) is 16.2. The second-order valence-corrected chi connectivity index (χ2v) is 6.73. The Balaban J connectivity index is 1.71. The number of carbonyl (C=O) groups is 2. The van der Waals surface area contributed by atoms with Crippen molar-refractivity contribution in [1.82, 2.24) is 0 Å². The first-order chi connectivity index (χ1) is 10.0. The van der Waals surface area contributed by atoms with E-state index in [2.05, 4.69) is 5.32 Å². The smallest absolute Gasteiger partial charge is 0.306 e. The minimum Gasteiger partial charge on any atom is -0.469 e. The maximum Gasteiger partial charge on any atom is 0.306 e. The van der Waals surface area contributed by atoms with Crippen molar-refractivity contribution >= 4 is 40.9 Å². The quantitative estimate of drug-likeness (QED) is 0.780. The third kappa shape index (κ3) is 5.25. The van der Waals surface area contributed by atoms with Crippen LogP contribution in [-0.4, -0.2) is 30.5 Å². The molecule has 0 unspecified atom stereocenters. The second-order valence-electron chi connectivity index (χ2n) is 5.30. The lowest BCUT2D eigenvalue weighted by Gasteiger charge is -2.13. The average molecular weight is 328 g/mol. The topological polar surface area (TPSA) is 55.4 Å². The number of hydrogen-bond acceptors (Lipinski definition) is 4. The van der Waals surface area contributed by atoms with E-state index >= 15 is 0 Å². The van der Waals surface area contributed by atoms with Crippen molar-refractivity contribution in [3.63, 3.8) is 0 Å². The van der Waals surface area contributed by atoms with Gasteiger partial charge in [0.2, 0.25) is 5.91 Å². The highest BCUT2D eigenvalue weighted by Crippen LogP contribution is 2.51. The van der Waals surface area contributed by atoms with Gasteiger partial charge in [-0.15, -0.1) is 0 Å². The standard InChI is InChI=1S/C15H18ClNO3S/c1-20-14(19)8-15(5-6-15)10-21-9-13(18)17-12-4-2-3-11(16)7-12/h2-4,7H,5-6,8-10H2,1H3,(H,17,18). The van der Waals surface area contributed by atoms with Crippen LogP contribution in [0.4, 0.5) is 5.69 Å². The van der Waals surface area contributed by atoms with E-state index in [1.807, 2.05) is 0 Å². The fourth-order valence-corrected chi connectivity index (χ4v) is 3.42. The zero-order valence-electron chi connectivity index (χ0n) is 11.9. The van der Waals surface area contributed by atoms with Gasteiger partial charge in [0.15, 0.2) is 0 Å². The van der Waals surface area contributed by atoms with Crippen LogP contribution in [0.2, 0.25) is 5.02 Å². The Morgan fingerprint density at radius 1 is 1.43 bits per heavy atom. The summed E-state index contributed by atoms with van der Waals surface area (Å²) in [6, 6.07) is 7.06. The molecule has 0 heterocycles. The Bertz CT molecular complexity index is 531. The SMILES string of the molecule is COC(=O)CC1(CSCC(=O)Nc2cccc(Cl)c2)CC1. The Morgan fingerprint density at radius 2 is 2.19 bits per heavy atom. The van der Waals surface area contributed by atoms with Gasteiger partial charge in [0.05, 0.1) is 19.3 Å². The van der Waals surface area contributed by atoms with Crippen LogP contribution in [0, 0.1) is 5.41 Å². The molecule has 6 heteroatoms. The van der Waals surface area contributed by atoms with E-state index in [4.69, 9.17) is 16.3 Å². The minimum absolute atomic E-state index is 0.0497. The fraction of sp³-hybridized carbons (Fsp3) is 0.467. The molecule has 1 aromatic carbocycles. The van der Waals surface area contributed by atoms with Gasteiger partial charge in [0.25, 0.3) is 0 Å². The highest BCUT2D eigenvalue weighted by molar-refractivity contribution is 8.00. The molecule has 1 aliphatic carbocycles. The Morgan fingerprint density at radius 3 is 2.81 bits per heavy atom. The molecule has 0 saturated heterocycles. The Labute approximate surface area is 133 Å². The lowest BCUT2D eigenvalue weighted by molar-refractivity contribution is -0.141. The summed E-state index contributed by atoms with van der Waals surface area (Å²) >= 11 is 7.42. The number of ether oxygens (including phenoxy) is 1. The summed E-state index contributed by atoms with van der Waals surface area (Å²) in [4.78, 5) is 23.2. The van der Waals surface area contributed by atoms with Crippen molar-refractivity contribution in [1.29, 1.82) is 0 Å². The van der Waals surface area contributed by atoms with Crippen LogP contribution in [0.3, 0.4) is 0 Å². The first-order valence-electron chi connectivity index (χ1n) is 6.73. The Kier molecular flexibility index (Phi) is 5.53. The molecule has 0 aromatic heterocycles. The maximum absolute atomic E-state index is 11.8. The van der Waals surface area contributed by atoms with Gasteiger partial charge in [-0.25, -0.2) is 0 Å². The van der Waals surface area contributed by atoms with Crippen molar-refractivity contribution in [3.8, 4) is 0 Å². The molecule has 0 spiro atoms. The normalized spacial score (nSPS) is 15.3. The molecule has 21 heavy (non-hydrogen) atoms. The van der Waals surface area contributed by atoms with Gasteiger partial charge < -0.3 is 10.1 Å². The minimum atomic E-state index is -0.170. The van der Waals surface area contributed by atoms with E-state index < -0.39 is 0 Å². The van der Waals surface area contributed by atoms with E-state index in [1.54, 1.807) is 36.0 Å². The lowest BCUT2D eigenvalue weighted by atomic mass is 10.1. The van der Waals surface area contributed by atoms with Gasteiger partial charge in [-0.05, 0) is 42.2 Å². The largest absolute Gasteiger partial charge is 0.469 e. The summed E-state index contributed by atoms with van der Waals surface area (Å²) in [5.41, 5.74) is 0.748. The van der Waals surface area contributed by atoms with E-state index in [0.717, 1.165) is 18.6 Å². The second kappa shape index (κ2) is 7.18. The molecule has 2 rings (SSSR count). The van der Waals surface area contributed by atoms with E-state index in [9.17, 15) is 9.59 Å². The molecule has 1 aromatic rings. The number of halogens is 1. The molecule has 0 radical (unpaired) electrons. The summed E-state index contributed by atoms with van der Waals surface area (Å²) < 4.78 is 4.70. The highest BCUT2D eigenvalue weighted by atomic mass is 35.5. The Hall–Kier alpha value is -1.20. The predicted octanol–water partition coefficient (Wildman–Crippen LogP) is 3.36. The van der Waals surface area contributed by atoms with Crippen LogP contribution in [0.15, 0.2) is 24.3 Å². The molecule has 1 amide bonds. The number of esters is 1. The monoisotopic (exact) mass is 327 g/mol. The molecule has 1 fully saturated rings. The average Bonchev–Trinajstić information content (AvgIpc) is 3.18. The number of hydrogen-bond donors (Lipinski definition) is 1. The molecule has 1 saturated carbocycles. The van der Waals surface area contributed by atoms with Gasteiger partial charge >= 0.3 is 5.97 Å². The summed E-state index contributed by atoms with van der Waals surface area (Å²) in [7, 11) is 1.41. The van der Waals surface area contributed by atoms with Crippen molar-refractivity contribution in [2.45, 2.75) is 19.3 Å². The van der Waals surface area contributed by atoms with Crippen LogP contribution in [0.1, 0.15) is 19.3 Å². The van der Waals surface area contributed by atoms with Crippen LogP contribution in [0.25, 0.3) is 0 Å². The fourth-order valence-electron chi connectivity index (χ4n) is 2.05. The number of nitrogens with one attached hydrogen (secondary N) is 1. The molecule has 4 nitrogen and oxygen atoms in total. The zero-order chi connectivity index (χ0) is 15.3. The number of benzene rings is 1. The van der Waals surface area contributed by atoms with Crippen LogP contribution in [-0.2, 0) is 14.3 Å². The first-order valence-corrected chi connectivity index (χ1v) is 8.26. The molecule has 0 aliphatic heterocycles. The van der Waals surface area contributed by atoms with Gasteiger partial charge in [-0.3, -0.25) is 9.59 Å². The molecule has 0 atom stereocenters. The number of thioether (sulfide) groups is 1. The van der Waals surface area contributed by atoms with Gasteiger partial charge in [0.1, 0.15) is 0 Å². The zero-order valence-corrected chi connectivity index (χ0v) is 13.4. The highest BCUT2D eigenvalue weighted by Gasteiger charge is 2.44. The molecule has 1 aliphatic rings. The van der Waals surface area contributed by atoms with Crippen molar-refractivity contribution in [2.24, 2.45) is 5.41 Å². The molecule has 1 N–H and O–H groups in total. The molecule has 114 valence electrons. The van der Waals surface area contributed by atoms with Gasteiger partial charge in [-0.1, -0.05) is 17.7 Å². The number of methoxy groups -OCH3 is 1. The number of amides is 1. The predicted molar refractivity (Wildman–Crippen MR) is 85.7 cm³/mol. The summed E-state index contributed by atoms with van der Waals surface area (Å²) in [5, 5.41) is 3.40. The van der Waals surface area contributed by atoms with Crippen LogP contribution in [0.5, 0.6) is 0 Å². The van der Waals surface area contributed by atoms with E-state index in [1.165, 1.54) is 7.11 Å². The van der Waals surface area contributed by atoms with Gasteiger partial charge in [-0.2, -0.15) is 11.8 Å². The lowest BCUT2D eigenvalue weighted by Crippen LogP contribution is -2.17. The van der Waals surface area contributed by atoms with E-state index in [0.29, 0.717) is 22.9 Å². The van der Waals surface area contributed by atoms with Crippen molar-refractivity contribution in [2.75, 3.05) is 23.9 Å². The molecular formula is C15H18ClNO3S. The summed E-state index contributed by atoms with van der Waals surface area (Å²) in [6.07, 6.45) is 2.52. The summed E-state index contributed by atoms with van der Waals surface area (Å²) in [6.45, 7) is 0. The third-order valence-electron chi connectivity index (χ3n) is 3.45. The maximum atomic E-state index is 11.8. The van der Waals surface area contributed by atoms with Crippen LogP contribution >= 0.6 is 23.4 Å². The van der Waals surface area contributed by atoms with Crippen molar-refractivity contribution in [3.05, 3.63) is 29.3 Å².